The maximum absolute atomic E-state index is 11.8. The molecule has 1 aromatic carbocycles. The van der Waals surface area contributed by atoms with Gasteiger partial charge in [-0.05, 0) is 30.7 Å². The van der Waals surface area contributed by atoms with E-state index in [0.717, 1.165) is 6.42 Å². The number of hydrogen-bond donors (Lipinski definition) is 0. The standard InChI is InChI=1S/C12H16O4S/c1-3-4-9-17(14,15)11-7-5-10(6-8-11)12(13)16-2/h5-8H,3-4,9H2,1-2H3. The van der Waals surface area contributed by atoms with Gasteiger partial charge in [0.2, 0.25) is 0 Å². The highest BCUT2D eigenvalue weighted by Crippen LogP contribution is 2.14. The number of hydrogen-bond acceptors (Lipinski definition) is 4. The molecule has 1 rings (SSSR count). The van der Waals surface area contributed by atoms with Crippen molar-refractivity contribution < 1.29 is 17.9 Å². The summed E-state index contributed by atoms with van der Waals surface area (Å²) in [6, 6.07) is 5.81. The highest BCUT2D eigenvalue weighted by molar-refractivity contribution is 7.91. The number of benzene rings is 1. The Morgan fingerprint density at radius 3 is 2.29 bits per heavy atom. The molecule has 0 aliphatic carbocycles. The molecule has 1 aromatic rings. The quantitative estimate of drug-likeness (QED) is 0.756. The van der Waals surface area contributed by atoms with Crippen molar-refractivity contribution in [3.05, 3.63) is 29.8 Å². The van der Waals surface area contributed by atoms with Crippen LogP contribution in [-0.4, -0.2) is 27.2 Å². The van der Waals surface area contributed by atoms with Gasteiger partial charge in [-0.25, -0.2) is 13.2 Å². The average molecular weight is 256 g/mol. The normalized spacial score (nSPS) is 11.2. The van der Waals surface area contributed by atoms with Gasteiger partial charge in [0.15, 0.2) is 9.84 Å². The molecule has 0 bridgehead atoms. The van der Waals surface area contributed by atoms with Crippen LogP contribution in [-0.2, 0) is 14.6 Å². The number of carbonyl (C=O) groups is 1. The van der Waals surface area contributed by atoms with Crippen molar-refractivity contribution in [2.75, 3.05) is 12.9 Å². The van der Waals surface area contributed by atoms with E-state index in [9.17, 15) is 13.2 Å². The average Bonchev–Trinajstić information content (AvgIpc) is 2.35. The third-order valence-corrected chi connectivity index (χ3v) is 4.22. The van der Waals surface area contributed by atoms with E-state index in [1.54, 1.807) is 0 Å². The number of esters is 1. The van der Waals surface area contributed by atoms with Crippen LogP contribution in [0.25, 0.3) is 0 Å². The van der Waals surface area contributed by atoms with E-state index in [1.807, 2.05) is 6.92 Å². The lowest BCUT2D eigenvalue weighted by molar-refractivity contribution is 0.0600. The summed E-state index contributed by atoms with van der Waals surface area (Å²) >= 11 is 0. The SMILES string of the molecule is CCCCS(=O)(=O)c1ccc(C(=O)OC)cc1. The fourth-order valence-corrected chi connectivity index (χ4v) is 2.82. The van der Waals surface area contributed by atoms with E-state index in [-0.39, 0.29) is 10.6 Å². The molecule has 94 valence electrons. The van der Waals surface area contributed by atoms with Crippen LogP contribution in [0.2, 0.25) is 0 Å². The van der Waals surface area contributed by atoms with Crippen LogP contribution in [0, 0.1) is 0 Å². The topological polar surface area (TPSA) is 60.4 Å². The molecule has 4 nitrogen and oxygen atoms in total. The molecule has 0 saturated carbocycles. The lowest BCUT2D eigenvalue weighted by Gasteiger charge is -2.04. The summed E-state index contributed by atoms with van der Waals surface area (Å²) in [5, 5.41) is 0. The highest BCUT2D eigenvalue weighted by Gasteiger charge is 2.14. The van der Waals surface area contributed by atoms with E-state index in [1.165, 1.54) is 31.4 Å². The minimum absolute atomic E-state index is 0.140. The molecule has 0 fully saturated rings. The van der Waals surface area contributed by atoms with Crippen molar-refractivity contribution in [3.63, 3.8) is 0 Å². The summed E-state index contributed by atoms with van der Waals surface area (Å²) in [6.07, 6.45) is 1.47. The Kier molecular flexibility index (Phi) is 4.69. The highest BCUT2D eigenvalue weighted by atomic mass is 32.2. The molecule has 0 radical (unpaired) electrons. The summed E-state index contributed by atoms with van der Waals surface area (Å²) < 4.78 is 28.2. The lowest BCUT2D eigenvalue weighted by Crippen LogP contribution is -2.07. The zero-order chi connectivity index (χ0) is 12.9. The molecule has 17 heavy (non-hydrogen) atoms. The van der Waals surface area contributed by atoms with E-state index in [4.69, 9.17) is 0 Å². The Morgan fingerprint density at radius 1 is 1.24 bits per heavy atom. The first kappa shape index (κ1) is 13.7. The van der Waals surface area contributed by atoms with Crippen LogP contribution in [0.4, 0.5) is 0 Å². The van der Waals surface area contributed by atoms with Crippen LogP contribution >= 0.6 is 0 Å². The smallest absolute Gasteiger partial charge is 0.337 e. The van der Waals surface area contributed by atoms with Gasteiger partial charge in [-0.1, -0.05) is 13.3 Å². The zero-order valence-electron chi connectivity index (χ0n) is 9.97. The lowest BCUT2D eigenvalue weighted by atomic mass is 10.2. The van der Waals surface area contributed by atoms with Crippen LogP contribution in [0.3, 0.4) is 0 Å². The predicted molar refractivity (Wildman–Crippen MR) is 64.7 cm³/mol. The molecule has 5 heteroatoms. The number of unbranched alkanes of at least 4 members (excludes halogenated alkanes) is 1. The van der Waals surface area contributed by atoms with Crippen molar-refractivity contribution in [3.8, 4) is 0 Å². The first-order valence-corrected chi connectivity index (χ1v) is 7.07. The second-order valence-electron chi connectivity index (χ2n) is 3.69. The molecule has 0 N–H and O–H groups in total. The molecule has 0 aromatic heterocycles. The van der Waals surface area contributed by atoms with Crippen LogP contribution in [0.5, 0.6) is 0 Å². The van der Waals surface area contributed by atoms with Crippen molar-refractivity contribution in [1.82, 2.24) is 0 Å². The Balaban J connectivity index is 2.91. The van der Waals surface area contributed by atoms with E-state index < -0.39 is 15.8 Å². The number of rotatable bonds is 5. The second kappa shape index (κ2) is 5.82. The third kappa shape index (κ3) is 3.56. The van der Waals surface area contributed by atoms with Crippen molar-refractivity contribution in [2.24, 2.45) is 0 Å². The summed E-state index contributed by atoms with van der Waals surface area (Å²) in [5.41, 5.74) is 0.349. The number of carbonyl (C=O) groups excluding carboxylic acids is 1. The molecular formula is C12H16O4S. The maximum atomic E-state index is 11.8. The number of sulfone groups is 1. The van der Waals surface area contributed by atoms with Gasteiger partial charge >= 0.3 is 5.97 Å². The molecule has 0 amide bonds. The Hall–Kier alpha value is -1.36. The first-order chi connectivity index (χ1) is 8.01. The molecule has 0 atom stereocenters. The minimum Gasteiger partial charge on any atom is -0.465 e. The molecule has 0 aliphatic heterocycles. The first-order valence-electron chi connectivity index (χ1n) is 5.42. The second-order valence-corrected chi connectivity index (χ2v) is 5.80. The van der Waals surface area contributed by atoms with Crippen LogP contribution < -0.4 is 0 Å². The van der Waals surface area contributed by atoms with Gasteiger partial charge in [-0.3, -0.25) is 0 Å². The molecule has 0 saturated heterocycles. The van der Waals surface area contributed by atoms with Crippen molar-refractivity contribution in [2.45, 2.75) is 24.7 Å². The van der Waals surface area contributed by atoms with E-state index >= 15 is 0 Å². The van der Waals surface area contributed by atoms with Gasteiger partial charge in [-0.2, -0.15) is 0 Å². The van der Waals surface area contributed by atoms with Gasteiger partial charge in [0.25, 0.3) is 0 Å². The van der Waals surface area contributed by atoms with Gasteiger partial charge in [-0.15, -0.1) is 0 Å². The molecule has 0 heterocycles. The molecule has 0 unspecified atom stereocenters. The Bertz CT molecular complexity index is 474. The van der Waals surface area contributed by atoms with Gasteiger partial charge in [0, 0.05) is 0 Å². The largest absolute Gasteiger partial charge is 0.465 e. The Morgan fingerprint density at radius 2 is 1.82 bits per heavy atom. The van der Waals surface area contributed by atoms with Crippen molar-refractivity contribution in [1.29, 1.82) is 0 Å². The zero-order valence-corrected chi connectivity index (χ0v) is 10.8. The summed E-state index contributed by atoms with van der Waals surface area (Å²) in [7, 11) is -1.94. The third-order valence-electron chi connectivity index (χ3n) is 2.40. The van der Waals surface area contributed by atoms with E-state index in [2.05, 4.69) is 4.74 Å². The summed E-state index contributed by atoms with van der Waals surface area (Å²) in [5.74, 6) is -0.330. The fraction of sp³-hybridized carbons (Fsp3) is 0.417. The number of methoxy groups -OCH3 is 1. The maximum Gasteiger partial charge on any atom is 0.337 e. The van der Waals surface area contributed by atoms with Crippen LogP contribution in [0.15, 0.2) is 29.2 Å². The molecular weight excluding hydrogens is 240 g/mol. The van der Waals surface area contributed by atoms with Gasteiger partial charge in [0.1, 0.15) is 0 Å². The van der Waals surface area contributed by atoms with Gasteiger partial charge < -0.3 is 4.74 Å². The fourth-order valence-electron chi connectivity index (χ4n) is 1.37. The molecule has 0 spiro atoms. The Labute approximate surface area is 102 Å². The summed E-state index contributed by atoms with van der Waals surface area (Å²) in [6.45, 7) is 1.94. The molecule has 0 aliphatic rings. The predicted octanol–water partition coefficient (Wildman–Crippen LogP) is 2.05. The van der Waals surface area contributed by atoms with Gasteiger partial charge in [0.05, 0.1) is 23.3 Å². The van der Waals surface area contributed by atoms with Crippen molar-refractivity contribution >= 4 is 15.8 Å². The number of ether oxygens (including phenoxy) is 1. The van der Waals surface area contributed by atoms with Crippen LogP contribution in [0.1, 0.15) is 30.1 Å². The monoisotopic (exact) mass is 256 g/mol. The summed E-state index contributed by atoms with van der Waals surface area (Å²) in [4.78, 5) is 11.4. The minimum atomic E-state index is -3.22. The van der Waals surface area contributed by atoms with E-state index in [0.29, 0.717) is 12.0 Å².